The number of benzene rings is 3. The van der Waals surface area contributed by atoms with Gasteiger partial charge in [0.1, 0.15) is 11.6 Å². The van der Waals surface area contributed by atoms with Gasteiger partial charge < -0.3 is 4.74 Å². The Morgan fingerprint density at radius 1 is 0.889 bits per heavy atom. The van der Waals surface area contributed by atoms with Crippen LogP contribution in [0.5, 0.6) is 5.75 Å². The lowest BCUT2D eigenvalue weighted by molar-refractivity contribution is 0.0735. The molecule has 0 amide bonds. The maximum atomic E-state index is 12.9. The second-order valence-corrected chi connectivity index (χ2v) is 7.60. The van der Waals surface area contributed by atoms with Crippen molar-refractivity contribution in [2.24, 2.45) is 0 Å². The molecule has 0 atom stereocenters. The first kappa shape index (κ1) is 18.9. The molecule has 3 aromatic rings. The number of rotatable bonds is 5. The number of anilines is 1. The summed E-state index contributed by atoms with van der Waals surface area (Å²) >= 11 is 5.77. The molecule has 8 heteroatoms. The van der Waals surface area contributed by atoms with Crippen LogP contribution in [0.4, 0.5) is 10.1 Å². The van der Waals surface area contributed by atoms with Crippen molar-refractivity contribution in [3.05, 3.63) is 89.2 Å². The van der Waals surface area contributed by atoms with E-state index in [0.29, 0.717) is 10.6 Å². The third-order valence-electron chi connectivity index (χ3n) is 3.52. The summed E-state index contributed by atoms with van der Waals surface area (Å²) in [5.41, 5.74) is 0.603. The third kappa shape index (κ3) is 4.84. The topological polar surface area (TPSA) is 72.5 Å². The Kier molecular flexibility index (Phi) is 5.43. The quantitative estimate of drug-likeness (QED) is 0.501. The van der Waals surface area contributed by atoms with E-state index in [1.165, 1.54) is 48.5 Å². The van der Waals surface area contributed by atoms with E-state index in [2.05, 4.69) is 4.72 Å². The predicted molar refractivity (Wildman–Crippen MR) is 100 cm³/mol. The summed E-state index contributed by atoms with van der Waals surface area (Å²) in [5, 5.41) is 0.504. The zero-order valence-electron chi connectivity index (χ0n) is 13.7. The molecule has 0 aliphatic rings. The summed E-state index contributed by atoms with van der Waals surface area (Å²) in [6.45, 7) is 0. The Morgan fingerprint density at radius 2 is 1.48 bits per heavy atom. The number of carbonyl (C=O) groups is 1. The second-order valence-electron chi connectivity index (χ2n) is 5.48. The van der Waals surface area contributed by atoms with Crippen LogP contribution >= 0.6 is 11.6 Å². The van der Waals surface area contributed by atoms with Crippen molar-refractivity contribution in [2.45, 2.75) is 4.90 Å². The molecule has 0 radical (unpaired) electrons. The first-order chi connectivity index (χ1) is 12.8. The van der Waals surface area contributed by atoms with Gasteiger partial charge in [-0.3, -0.25) is 4.72 Å². The van der Waals surface area contributed by atoms with Gasteiger partial charge in [-0.1, -0.05) is 11.6 Å². The molecule has 0 aliphatic heterocycles. The highest BCUT2D eigenvalue weighted by atomic mass is 35.5. The van der Waals surface area contributed by atoms with Crippen LogP contribution in [0.2, 0.25) is 5.02 Å². The smallest absolute Gasteiger partial charge is 0.343 e. The molecule has 0 saturated carbocycles. The van der Waals surface area contributed by atoms with E-state index in [9.17, 15) is 17.6 Å². The first-order valence-corrected chi connectivity index (χ1v) is 9.56. The highest BCUT2D eigenvalue weighted by molar-refractivity contribution is 7.92. The molecule has 0 unspecified atom stereocenters. The van der Waals surface area contributed by atoms with Crippen LogP contribution in [0.25, 0.3) is 0 Å². The number of sulfonamides is 1. The molecule has 138 valence electrons. The van der Waals surface area contributed by atoms with Crippen molar-refractivity contribution >= 4 is 33.3 Å². The first-order valence-electron chi connectivity index (χ1n) is 7.70. The molecule has 27 heavy (non-hydrogen) atoms. The number of hydrogen-bond acceptors (Lipinski definition) is 4. The zero-order valence-corrected chi connectivity index (χ0v) is 15.3. The Balaban J connectivity index is 1.69. The summed E-state index contributed by atoms with van der Waals surface area (Å²) in [6.07, 6.45) is 0. The molecule has 0 bridgehead atoms. The van der Waals surface area contributed by atoms with Gasteiger partial charge in [0.15, 0.2) is 0 Å². The van der Waals surface area contributed by atoms with Crippen LogP contribution in [-0.2, 0) is 10.0 Å². The van der Waals surface area contributed by atoms with E-state index < -0.39 is 21.8 Å². The van der Waals surface area contributed by atoms with Crippen LogP contribution in [0.1, 0.15) is 10.4 Å². The maximum Gasteiger partial charge on any atom is 0.343 e. The van der Waals surface area contributed by atoms with Gasteiger partial charge >= 0.3 is 5.97 Å². The van der Waals surface area contributed by atoms with Crippen molar-refractivity contribution in [1.82, 2.24) is 0 Å². The predicted octanol–water partition coefficient (Wildman–Crippen LogP) is 4.50. The van der Waals surface area contributed by atoms with E-state index in [4.69, 9.17) is 16.3 Å². The van der Waals surface area contributed by atoms with Gasteiger partial charge in [-0.05, 0) is 72.8 Å². The van der Waals surface area contributed by atoms with E-state index in [1.54, 1.807) is 12.1 Å². The molecule has 3 rings (SSSR count). The highest BCUT2D eigenvalue weighted by Gasteiger charge is 2.14. The van der Waals surface area contributed by atoms with Crippen molar-refractivity contribution in [1.29, 1.82) is 0 Å². The summed E-state index contributed by atoms with van der Waals surface area (Å²) in [4.78, 5) is 12.0. The summed E-state index contributed by atoms with van der Waals surface area (Å²) in [7, 11) is -3.85. The van der Waals surface area contributed by atoms with Crippen LogP contribution in [0, 0.1) is 5.82 Å². The van der Waals surface area contributed by atoms with Crippen LogP contribution < -0.4 is 9.46 Å². The van der Waals surface area contributed by atoms with Gasteiger partial charge in [0, 0.05) is 10.7 Å². The lowest BCUT2D eigenvalue weighted by atomic mass is 10.2. The molecule has 5 nitrogen and oxygen atoms in total. The fourth-order valence-corrected chi connectivity index (χ4v) is 3.36. The lowest BCUT2D eigenvalue weighted by Crippen LogP contribution is -2.13. The molecule has 0 saturated heterocycles. The van der Waals surface area contributed by atoms with Crippen molar-refractivity contribution in [3.8, 4) is 5.75 Å². The molecule has 0 spiro atoms. The SMILES string of the molecule is O=C(Oc1ccc(NS(=O)(=O)c2ccc(F)cc2)cc1)c1ccc(Cl)cc1. The number of halogens is 2. The third-order valence-corrected chi connectivity index (χ3v) is 5.17. The fourth-order valence-electron chi connectivity index (χ4n) is 2.17. The standard InChI is InChI=1S/C19H13ClFNO4S/c20-14-3-1-13(2-4-14)19(23)26-17-9-7-16(8-10-17)22-27(24,25)18-11-5-15(21)6-12-18/h1-12,22H. The van der Waals surface area contributed by atoms with Crippen molar-refractivity contribution in [2.75, 3.05) is 4.72 Å². The monoisotopic (exact) mass is 405 g/mol. The minimum atomic E-state index is -3.85. The number of nitrogens with one attached hydrogen (secondary N) is 1. The molecular formula is C19H13ClFNO4S. The average molecular weight is 406 g/mol. The Labute approximate surface area is 160 Å². The lowest BCUT2D eigenvalue weighted by Gasteiger charge is -2.09. The Hall–Kier alpha value is -2.90. The van der Waals surface area contributed by atoms with Gasteiger partial charge in [-0.25, -0.2) is 17.6 Å². The van der Waals surface area contributed by atoms with Gasteiger partial charge in [0.05, 0.1) is 10.5 Å². The summed E-state index contributed by atoms with van der Waals surface area (Å²) in [5.74, 6) is -0.841. The number of carbonyl (C=O) groups excluding carboxylic acids is 1. The molecular weight excluding hydrogens is 393 g/mol. The molecule has 0 heterocycles. The zero-order chi connectivity index (χ0) is 19.4. The van der Waals surface area contributed by atoms with Gasteiger partial charge in [-0.2, -0.15) is 0 Å². The molecule has 0 aromatic heterocycles. The molecule has 0 aliphatic carbocycles. The minimum absolute atomic E-state index is 0.0675. The highest BCUT2D eigenvalue weighted by Crippen LogP contribution is 2.21. The van der Waals surface area contributed by atoms with Crippen molar-refractivity contribution in [3.63, 3.8) is 0 Å². The van der Waals surface area contributed by atoms with E-state index in [1.807, 2.05) is 0 Å². The summed E-state index contributed by atoms with van der Waals surface area (Å²) < 4.78 is 45.0. The van der Waals surface area contributed by atoms with Crippen LogP contribution in [0.15, 0.2) is 77.7 Å². The van der Waals surface area contributed by atoms with Crippen LogP contribution in [-0.4, -0.2) is 14.4 Å². The van der Waals surface area contributed by atoms with Gasteiger partial charge in [0.2, 0.25) is 0 Å². The number of esters is 1. The average Bonchev–Trinajstić information content (AvgIpc) is 2.64. The minimum Gasteiger partial charge on any atom is -0.423 e. The van der Waals surface area contributed by atoms with E-state index >= 15 is 0 Å². The molecule has 3 aromatic carbocycles. The normalized spacial score (nSPS) is 11.0. The molecule has 0 fully saturated rings. The number of hydrogen-bond donors (Lipinski definition) is 1. The second kappa shape index (κ2) is 7.77. The summed E-state index contributed by atoms with van der Waals surface area (Å²) in [6, 6.07) is 16.5. The van der Waals surface area contributed by atoms with Gasteiger partial charge in [0.25, 0.3) is 10.0 Å². The fraction of sp³-hybridized carbons (Fsp3) is 0. The maximum absolute atomic E-state index is 12.9. The van der Waals surface area contributed by atoms with E-state index in [-0.39, 0.29) is 16.3 Å². The Bertz CT molecular complexity index is 1050. The van der Waals surface area contributed by atoms with Crippen LogP contribution in [0.3, 0.4) is 0 Å². The largest absolute Gasteiger partial charge is 0.423 e. The van der Waals surface area contributed by atoms with Crippen molar-refractivity contribution < 1.29 is 22.3 Å². The van der Waals surface area contributed by atoms with Gasteiger partial charge in [-0.15, -0.1) is 0 Å². The van der Waals surface area contributed by atoms with E-state index in [0.717, 1.165) is 12.1 Å². The number of ether oxygens (including phenoxy) is 1. The Morgan fingerprint density at radius 3 is 2.07 bits per heavy atom. The molecule has 1 N–H and O–H groups in total.